The standard InChI is InChI=1S/C20H27N5O4/c1-5-24(6-2)19-21-17-16(18(27)22-20(28)23(17)4)25(19)11-14(26)12-29-15-9-7-8-13(3)10-15/h7-10,14,26H,5-6,11-12H2,1-4H3,(H,22,27,28)/t14-/m1/s1. The molecule has 0 fully saturated rings. The Kier molecular flexibility index (Phi) is 6.07. The van der Waals surface area contributed by atoms with Gasteiger partial charge in [0.1, 0.15) is 18.5 Å². The van der Waals surface area contributed by atoms with Crippen molar-refractivity contribution in [3.05, 3.63) is 50.7 Å². The van der Waals surface area contributed by atoms with E-state index in [0.717, 1.165) is 5.56 Å². The maximum Gasteiger partial charge on any atom is 0.329 e. The quantitative estimate of drug-likeness (QED) is 0.584. The van der Waals surface area contributed by atoms with Crippen molar-refractivity contribution in [1.29, 1.82) is 0 Å². The number of aromatic amines is 1. The van der Waals surface area contributed by atoms with E-state index in [1.807, 2.05) is 49.9 Å². The second-order valence-corrected chi connectivity index (χ2v) is 6.97. The summed E-state index contributed by atoms with van der Waals surface area (Å²) in [7, 11) is 1.56. The fourth-order valence-electron chi connectivity index (χ4n) is 3.30. The first-order chi connectivity index (χ1) is 13.8. The molecule has 9 nitrogen and oxygen atoms in total. The lowest BCUT2D eigenvalue weighted by molar-refractivity contribution is 0.0936. The van der Waals surface area contributed by atoms with E-state index in [4.69, 9.17) is 4.74 Å². The van der Waals surface area contributed by atoms with E-state index in [0.29, 0.717) is 24.8 Å². The molecule has 3 aromatic rings. The summed E-state index contributed by atoms with van der Waals surface area (Å²) in [6.07, 6.45) is -0.876. The highest BCUT2D eigenvalue weighted by Gasteiger charge is 2.22. The molecule has 0 aliphatic heterocycles. The van der Waals surface area contributed by atoms with E-state index in [1.54, 1.807) is 11.6 Å². The van der Waals surface area contributed by atoms with Gasteiger partial charge < -0.3 is 19.3 Å². The van der Waals surface area contributed by atoms with Gasteiger partial charge >= 0.3 is 5.69 Å². The number of rotatable bonds is 8. The Hall–Kier alpha value is -3.07. The van der Waals surface area contributed by atoms with Gasteiger partial charge in [-0.15, -0.1) is 0 Å². The van der Waals surface area contributed by atoms with Crippen molar-refractivity contribution in [2.45, 2.75) is 33.4 Å². The van der Waals surface area contributed by atoms with E-state index < -0.39 is 17.4 Å². The van der Waals surface area contributed by atoms with Gasteiger partial charge in [-0.05, 0) is 38.5 Å². The number of aryl methyl sites for hydroxylation is 2. The minimum atomic E-state index is -0.876. The predicted molar refractivity (Wildman–Crippen MR) is 112 cm³/mol. The molecule has 3 rings (SSSR count). The second kappa shape index (κ2) is 8.52. The number of aliphatic hydroxyl groups is 1. The Labute approximate surface area is 168 Å². The number of nitrogens with zero attached hydrogens (tertiary/aromatic N) is 4. The molecule has 2 N–H and O–H groups in total. The van der Waals surface area contributed by atoms with Crippen LogP contribution in [-0.4, -0.2) is 50.0 Å². The third-order valence-electron chi connectivity index (χ3n) is 4.86. The highest BCUT2D eigenvalue weighted by molar-refractivity contribution is 5.74. The fourth-order valence-corrected chi connectivity index (χ4v) is 3.30. The molecule has 2 heterocycles. The SMILES string of the molecule is CCN(CC)c1nc2c(c(=O)[nH]c(=O)n2C)n1C[C@@H](O)COc1cccc(C)c1. The average Bonchev–Trinajstić information content (AvgIpc) is 3.05. The number of imidazole rings is 1. The Morgan fingerprint density at radius 1 is 1.28 bits per heavy atom. The summed E-state index contributed by atoms with van der Waals surface area (Å²) in [6, 6.07) is 7.57. The van der Waals surface area contributed by atoms with Crippen LogP contribution in [0.1, 0.15) is 19.4 Å². The van der Waals surface area contributed by atoms with E-state index >= 15 is 0 Å². The van der Waals surface area contributed by atoms with Crippen molar-refractivity contribution in [3.8, 4) is 5.75 Å². The first-order valence-electron chi connectivity index (χ1n) is 9.67. The van der Waals surface area contributed by atoms with Crippen LogP contribution in [0.4, 0.5) is 5.95 Å². The van der Waals surface area contributed by atoms with E-state index in [2.05, 4.69) is 9.97 Å². The van der Waals surface area contributed by atoms with Gasteiger partial charge in [0.25, 0.3) is 5.56 Å². The summed E-state index contributed by atoms with van der Waals surface area (Å²) in [5.41, 5.74) is 0.548. The van der Waals surface area contributed by atoms with Crippen LogP contribution in [0.15, 0.2) is 33.9 Å². The molecule has 29 heavy (non-hydrogen) atoms. The maximum absolute atomic E-state index is 12.5. The Morgan fingerprint density at radius 2 is 2.00 bits per heavy atom. The van der Waals surface area contributed by atoms with Crippen LogP contribution < -0.4 is 20.9 Å². The van der Waals surface area contributed by atoms with Crippen molar-refractivity contribution >= 4 is 17.1 Å². The predicted octanol–water partition coefficient (Wildman–Crippen LogP) is 1.02. The minimum absolute atomic E-state index is 0.0600. The fraction of sp³-hybridized carbons (Fsp3) is 0.450. The molecule has 0 unspecified atom stereocenters. The third kappa shape index (κ3) is 4.19. The van der Waals surface area contributed by atoms with Gasteiger partial charge in [0.05, 0.1) is 6.54 Å². The summed E-state index contributed by atoms with van der Waals surface area (Å²) >= 11 is 0. The highest BCUT2D eigenvalue weighted by Crippen LogP contribution is 2.20. The zero-order valence-corrected chi connectivity index (χ0v) is 17.2. The smallest absolute Gasteiger partial charge is 0.329 e. The maximum atomic E-state index is 12.5. The molecule has 0 aliphatic rings. The van der Waals surface area contributed by atoms with Crippen molar-refractivity contribution < 1.29 is 9.84 Å². The summed E-state index contributed by atoms with van der Waals surface area (Å²) in [4.78, 5) is 33.3. The van der Waals surface area contributed by atoms with Crippen LogP contribution >= 0.6 is 0 Å². The van der Waals surface area contributed by atoms with Gasteiger partial charge in [0, 0.05) is 20.1 Å². The van der Waals surface area contributed by atoms with Crippen LogP contribution in [-0.2, 0) is 13.6 Å². The lowest BCUT2D eigenvalue weighted by Gasteiger charge is -2.22. The normalized spacial score (nSPS) is 12.3. The third-order valence-corrected chi connectivity index (χ3v) is 4.86. The molecule has 1 atom stereocenters. The zero-order chi connectivity index (χ0) is 21.1. The van der Waals surface area contributed by atoms with E-state index in [1.165, 1.54) is 4.57 Å². The van der Waals surface area contributed by atoms with Crippen LogP contribution in [0.2, 0.25) is 0 Å². The van der Waals surface area contributed by atoms with E-state index in [-0.39, 0.29) is 24.3 Å². The number of hydrogen-bond acceptors (Lipinski definition) is 6. The molecule has 0 bridgehead atoms. The van der Waals surface area contributed by atoms with E-state index in [9.17, 15) is 14.7 Å². The Morgan fingerprint density at radius 3 is 2.66 bits per heavy atom. The van der Waals surface area contributed by atoms with Gasteiger partial charge in [0.2, 0.25) is 5.95 Å². The van der Waals surface area contributed by atoms with Crippen molar-refractivity contribution in [2.75, 3.05) is 24.6 Å². The summed E-state index contributed by atoms with van der Waals surface area (Å²) in [6.45, 7) is 7.43. The number of H-pyrrole nitrogens is 1. The van der Waals surface area contributed by atoms with Gasteiger partial charge in [-0.3, -0.25) is 14.3 Å². The number of nitrogens with one attached hydrogen (secondary N) is 1. The molecule has 1 aromatic carbocycles. The van der Waals surface area contributed by atoms with Gasteiger partial charge in [-0.2, -0.15) is 4.98 Å². The average molecular weight is 401 g/mol. The number of anilines is 1. The van der Waals surface area contributed by atoms with Gasteiger partial charge in [-0.1, -0.05) is 12.1 Å². The number of aromatic nitrogens is 4. The number of aliphatic hydroxyl groups excluding tert-OH is 1. The number of benzene rings is 1. The molecule has 0 aliphatic carbocycles. The van der Waals surface area contributed by atoms with Crippen molar-refractivity contribution in [3.63, 3.8) is 0 Å². The summed E-state index contributed by atoms with van der Waals surface area (Å²) < 4.78 is 8.66. The Bertz CT molecular complexity index is 1110. The zero-order valence-electron chi connectivity index (χ0n) is 17.2. The molecule has 0 amide bonds. The first kappa shape index (κ1) is 20.7. The molecule has 0 radical (unpaired) electrons. The second-order valence-electron chi connectivity index (χ2n) is 6.97. The lowest BCUT2D eigenvalue weighted by Crippen LogP contribution is -2.32. The summed E-state index contributed by atoms with van der Waals surface area (Å²) in [5, 5.41) is 10.6. The molecular formula is C20H27N5O4. The molecule has 156 valence electrons. The molecule has 0 saturated carbocycles. The van der Waals surface area contributed by atoms with Crippen LogP contribution in [0.3, 0.4) is 0 Å². The number of hydrogen-bond donors (Lipinski definition) is 2. The van der Waals surface area contributed by atoms with Crippen LogP contribution in [0.5, 0.6) is 5.75 Å². The van der Waals surface area contributed by atoms with Crippen LogP contribution in [0, 0.1) is 6.92 Å². The Balaban J connectivity index is 1.96. The molecule has 9 heteroatoms. The minimum Gasteiger partial charge on any atom is -0.491 e. The van der Waals surface area contributed by atoms with Gasteiger partial charge in [-0.25, -0.2) is 4.79 Å². The van der Waals surface area contributed by atoms with Crippen molar-refractivity contribution in [2.24, 2.45) is 7.05 Å². The van der Waals surface area contributed by atoms with Gasteiger partial charge in [0.15, 0.2) is 11.2 Å². The first-order valence-corrected chi connectivity index (χ1v) is 9.67. The number of fused-ring (bicyclic) bond motifs is 1. The highest BCUT2D eigenvalue weighted by atomic mass is 16.5. The van der Waals surface area contributed by atoms with Crippen LogP contribution in [0.25, 0.3) is 11.2 Å². The summed E-state index contributed by atoms with van der Waals surface area (Å²) in [5.74, 6) is 1.20. The topological polar surface area (TPSA) is 105 Å². The molecule has 0 spiro atoms. The largest absolute Gasteiger partial charge is 0.491 e. The monoisotopic (exact) mass is 401 g/mol. The molecule has 0 saturated heterocycles. The van der Waals surface area contributed by atoms with Crippen molar-refractivity contribution in [1.82, 2.24) is 19.1 Å². The molecule has 2 aromatic heterocycles. The lowest BCUT2D eigenvalue weighted by atomic mass is 10.2. The molecular weight excluding hydrogens is 374 g/mol. The number of ether oxygens (including phenoxy) is 1.